The lowest BCUT2D eigenvalue weighted by atomic mass is 10.1. The minimum absolute atomic E-state index is 0.115. The Hall–Kier alpha value is -1.68. The molecule has 0 bridgehead atoms. The molecule has 30 heavy (non-hydrogen) atoms. The van der Waals surface area contributed by atoms with Crippen LogP contribution in [0.1, 0.15) is 24.8 Å². The van der Waals surface area contributed by atoms with E-state index in [1.54, 1.807) is 30.3 Å². The number of anilines is 1. The van der Waals surface area contributed by atoms with E-state index in [1.165, 1.54) is 16.4 Å². The van der Waals surface area contributed by atoms with Crippen LogP contribution in [0.5, 0.6) is 0 Å². The van der Waals surface area contributed by atoms with Crippen molar-refractivity contribution in [3.8, 4) is 0 Å². The van der Waals surface area contributed by atoms with Crippen molar-refractivity contribution >= 4 is 45.0 Å². The summed E-state index contributed by atoms with van der Waals surface area (Å²) < 4.78 is 52.1. The fourth-order valence-corrected chi connectivity index (χ4v) is 5.62. The first-order chi connectivity index (χ1) is 14.3. The molecule has 1 heterocycles. The normalized spacial score (nSPS) is 14.9. The van der Waals surface area contributed by atoms with Gasteiger partial charge in [0.25, 0.3) is 5.76 Å². The summed E-state index contributed by atoms with van der Waals surface area (Å²) in [5.74, 6) is -3.00. The highest BCUT2D eigenvalue weighted by Crippen LogP contribution is 2.37. The molecule has 0 atom stereocenters. The number of thioether (sulfide) groups is 1. The second-order valence-corrected chi connectivity index (χ2v) is 10.1. The van der Waals surface area contributed by atoms with Gasteiger partial charge in [0.1, 0.15) is 0 Å². The van der Waals surface area contributed by atoms with Gasteiger partial charge in [-0.05, 0) is 49.1 Å². The molecular weight excluding hydrogens is 454 g/mol. The van der Waals surface area contributed by atoms with Crippen molar-refractivity contribution in [2.75, 3.05) is 18.4 Å². The van der Waals surface area contributed by atoms with Crippen molar-refractivity contribution in [2.24, 2.45) is 0 Å². The Morgan fingerprint density at radius 3 is 2.43 bits per heavy atom. The number of hydrogen-bond donors (Lipinski definition) is 1. The van der Waals surface area contributed by atoms with Crippen molar-refractivity contribution in [3.05, 3.63) is 53.1 Å². The van der Waals surface area contributed by atoms with Crippen LogP contribution in [0.2, 0.25) is 5.02 Å². The van der Waals surface area contributed by atoms with E-state index in [1.807, 2.05) is 0 Å². The lowest BCUT2D eigenvalue weighted by molar-refractivity contribution is -0.116. The van der Waals surface area contributed by atoms with Gasteiger partial charge in [0.15, 0.2) is 0 Å². The van der Waals surface area contributed by atoms with Crippen molar-refractivity contribution in [1.29, 1.82) is 0 Å². The standard InChI is InChI=1S/C20H21ClF2N2O3S2/c21-16-4-3-5-17(19(16)29-20(22)23)24-18(26)11-8-14-6-9-15(10-7-14)30(27,28)25-12-1-2-13-25/h3-7,9-10,20H,1-2,8,11-13H2,(H,24,26). The van der Waals surface area contributed by atoms with E-state index in [-0.39, 0.29) is 44.6 Å². The highest BCUT2D eigenvalue weighted by atomic mass is 35.5. The van der Waals surface area contributed by atoms with Crippen LogP contribution in [0.25, 0.3) is 0 Å². The predicted molar refractivity (Wildman–Crippen MR) is 115 cm³/mol. The second kappa shape index (κ2) is 10.1. The third-order valence-corrected chi connectivity index (χ3v) is 7.91. The number of nitrogens with one attached hydrogen (secondary N) is 1. The first-order valence-electron chi connectivity index (χ1n) is 9.39. The van der Waals surface area contributed by atoms with Gasteiger partial charge in [-0.1, -0.05) is 41.6 Å². The molecule has 5 nitrogen and oxygen atoms in total. The fraction of sp³-hybridized carbons (Fsp3) is 0.350. The van der Waals surface area contributed by atoms with Crippen molar-refractivity contribution < 1.29 is 22.0 Å². The molecule has 2 aromatic rings. The zero-order valence-corrected chi connectivity index (χ0v) is 18.4. The Morgan fingerprint density at radius 1 is 1.13 bits per heavy atom. The summed E-state index contributed by atoms with van der Waals surface area (Å²) in [5, 5.41) is 2.77. The summed E-state index contributed by atoms with van der Waals surface area (Å²) in [4.78, 5) is 12.6. The molecule has 0 aromatic heterocycles. The second-order valence-electron chi connectivity index (χ2n) is 6.80. The SMILES string of the molecule is O=C(CCc1ccc(S(=O)(=O)N2CCCC2)cc1)Nc1cccc(Cl)c1SC(F)F. The number of carbonyl (C=O) groups is 1. The number of sulfonamides is 1. The number of amides is 1. The zero-order chi connectivity index (χ0) is 21.7. The average Bonchev–Trinajstić information content (AvgIpc) is 3.25. The molecule has 10 heteroatoms. The molecule has 1 N–H and O–H groups in total. The van der Waals surface area contributed by atoms with E-state index >= 15 is 0 Å². The molecule has 0 aliphatic carbocycles. The summed E-state index contributed by atoms with van der Waals surface area (Å²) in [7, 11) is -3.47. The van der Waals surface area contributed by atoms with E-state index < -0.39 is 15.8 Å². The average molecular weight is 475 g/mol. The van der Waals surface area contributed by atoms with Crippen LogP contribution < -0.4 is 5.32 Å². The number of hydrogen-bond acceptors (Lipinski definition) is 4. The zero-order valence-electron chi connectivity index (χ0n) is 16.0. The largest absolute Gasteiger partial charge is 0.325 e. The first kappa shape index (κ1) is 23.0. The molecule has 3 rings (SSSR count). The maximum atomic E-state index is 12.7. The molecule has 0 spiro atoms. The van der Waals surface area contributed by atoms with E-state index in [0.29, 0.717) is 19.5 Å². The van der Waals surface area contributed by atoms with Crippen molar-refractivity contribution in [2.45, 2.75) is 41.2 Å². The van der Waals surface area contributed by atoms with E-state index in [4.69, 9.17) is 11.6 Å². The Morgan fingerprint density at radius 2 is 1.80 bits per heavy atom. The Kier molecular flexibility index (Phi) is 7.73. The van der Waals surface area contributed by atoms with Gasteiger partial charge in [0, 0.05) is 19.5 Å². The first-order valence-corrected chi connectivity index (χ1v) is 12.1. The third-order valence-electron chi connectivity index (χ3n) is 4.71. The van der Waals surface area contributed by atoms with E-state index in [2.05, 4.69) is 5.32 Å². The van der Waals surface area contributed by atoms with Gasteiger partial charge in [-0.15, -0.1) is 0 Å². The summed E-state index contributed by atoms with van der Waals surface area (Å²) in [5.41, 5.74) is 1.05. The summed E-state index contributed by atoms with van der Waals surface area (Å²) in [6.45, 7) is 1.08. The molecule has 1 amide bonds. The van der Waals surface area contributed by atoms with Gasteiger partial charge >= 0.3 is 0 Å². The van der Waals surface area contributed by atoms with Gasteiger partial charge in [-0.3, -0.25) is 4.79 Å². The van der Waals surface area contributed by atoms with Crippen molar-refractivity contribution in [3.63, 3.8) is 0 Å². The smallest absolute Gasteiger partial charge is 0.289 e. The maximum Gasteiger partial charge on any atom is 0.289 e. The summed E-state index contributed by atoms with van der Waals surface area (Å²) >= 11 is 6.25. The number of carbonyl (C=O) groups excluding carboxylic acids is 1. The van der Waals surface area contributed by atoms with E-state index in [9.17, 15) is 22.0 Å². The number of rotatable bonds is 8. The molecule has 0 radical (unpaired) electrons. The third kappa shape index (κ3) is 5.72. The lowest BCUT2D eigenvalue weighted by Crippen LogP contribution is -2.27. The number of alkyl halides is 2. The number of benzene rings is 2. The minimum atomic E-state index is -3.47. The summed E-state index contributed by atoms with van der Waals surface area (Å²) in [6, 6.07) is 11.1. The maximum absolute atomic E-state index is 12.7. The van der Waals surface area contributed by atoms with Gasteiger partial charge in [0.2, 0.25) is 15.9 Å². The molecule has 0 unspecified atom stereocenters. The number of aryl methyl sites for hydroxylation is 1. The monoisotopic (exact) mass is 474 g/mol. The molecule has 162 valence electrons. The van der Waals surface area contributed by atoms with Gasteiger partial charge in [-0.25, -0.2) is 8.42 Å². The number of halogens is 3. The van der Waals surface area contributed by atoms with E-state index in [0.717, 1.165) is 18.4 Å². The molecule has 2 aromatic carbocycles. The van der Waals surface area contributed by atoms with Gasteiger partial charge in [-0.2, -0.15) is 13.1 Å². The minimum Gasteiger partial charge on any atom is -0.325 e. The Labute approximate surface area is 183 Å². The predicted octanol–water partition coefficient (Wildman–Crippen LogP) is 5.01. The molecule has 1 fully saturated rings. The van der Waals surface area contributed by atoms with Gasteiger partial charge in [0.05, 0.1) is 20.5 Å². The fourth-order valence-electron chi connectivity index (χ4n) is 3.19. The molecule has 1 aliphatic rings. The highest BCUT2D eigenvalue weighted by molar-refractivity contribution is 7.99. The molecule has 1 saturated heterocycles. The Bertz CT molecular complexity index is 996. The van der Waals surface area contributed by atoms with Crippen LogP contribution in [0.15, 0.2) is 52.3 Å². The highest BCUT2D eigenvalue weighted by Gasteiger charge is 2.26. The lowest BCUT2D eigenvalue weighted by Gasteiger charge is -2.15. The van der Waals surface area contributed by atoms with Gasteiger partial charge < -0.3 is 5.32 Å². The van der Waals surface area contributed by atoms with Crippen LogP contribution in [0, 0.1) is 0 Å². The van der Waals surface area contributed by atoms with Crippen LogP contribution in [-0.4, -0.2) is 37.5 Å². The quantitative estimate of drug-likeness (QED) is 0.546. The molecular formula is C20H21ClF2N2O3S2. The molecule has 1 aliphatic heterocycles. The van der Waals surface area contributed by atoms with Crippen LogP contribution >= 0.6 is 23.4 Å². The molecule has 0 saturated carbocycles. The topological polar surface area (TPSA) is 66.5 Å². The van der Waals surface area contributed by atoms with Crippen molar-refractivity contribution in [1.82, 2.24) is 4.31 Å². The summed E-state index contributed by atoms with van der Waals surface area (Å²) in [6.07, 6.45) is 2.24. The van der Waals surface area contributed by atoms with Crippen LogP contribution in [0.3, 0.4) is 0 Å². The Balaban J connectivity index is 1.60. The number of nitrogens with zero attached hydrogens (tertiary/aromatic N) is 1. The van der Waals surface area contributed by atoms with Crippen LogP contribution in [-0.2, 0) is 21.2 Å². The van der Waals surface area contributed by atoms with Crippen LogP contribution in [0.4, 0.5) is 14.5 Å².